The quantitative estimate of drug-likeness (QED) is 0.750. The van der Waals surface area contributed by atoms with Crippen molar-refractivity contribution in [3.05, 3.63) is 56.5 Å². The van der Waals surface area contributed by atoms with Crippen LogP contribution in [0.3, 0.4) is 0 Å². The van der Waals surface area contributed by atoms with E-state index >= 15 is 0 Å². The Hall–Kier alpha value is -2.62. The molecule has 92 valence electrons. The van der Waals surface area contributed by atoms with Crippen molar-refractivity contribution < 1.29 is 4.79 Å². The molecule has 4 nitrogen and oxygen atoms in total. The van der Waals surface area contributed by atoms with Crippen LogP contribution in [-0.2, 0) is 6.54 Å². The summed E-state index contributed by atoms with van der Waals surface area (Å²) in [5.74, 6) is -0.406. The number of carbonyl (C=O) groups excluding carboxylic acids is 1. The molecule has 2 N–H and O–H groups in total. The summed E-state index contributed by atoms with van der Waals surface area (Å²) in [7, 11) is 0. The van der Waals surface area contributed by atoms with Crippen LogP contribution >= 0.6 is 0 Å². The molecule has 0 aliphatic carbocycles. The van der Waals surface area contributed by atoms with Crippen LogP contribution in [0.1, 0.15) is 16.1 Å². The van der Waals surface area contributed by atoms with E-state index in [9.17, 15) is 4.79 Å². The summed E-state index contributed by atoms with van der Waals surface area (Å²) in [4.78, 5) is 15.9. The van der Waals surface area contributed by atoms with E-state index in [0.717, 1.165) is 21.3 Å². The van der Waals surface area contributed by atoms with Gasteiger partial charge in [-0.1, -0.05) is 30.3 Å². The number of aliphatic imine (C=N–C) groups is 1. The molecule has 0 saturated heterocycles. The van der Waals surface area contributed by atoms with Crippen molar-refractivity contribution in [3.63, 3.8) is 0 Å². The third kappa shape index (κ3) is 1.23. The number of hydrogen-bond acceptors (Lipinski definition) is 2. The minimum Gasteiger partial charge on any atom is -0.364 e. The Kier molecular flexibility index (Phi) is 1.87. The van der Waals surface area contributed by atoms with E-state index in [-0.39, 0.29) is 0 Å². The first-order valence-corrected chi connectivity index (χ1v) is 6.12. The predicted molar refractivity (Wildman–Crippen MR) is 72.8 cm³/mol. The van der Waals surface area contributed by atoms with Crippen LogP contribution in [0.25, 0.3) is 12.3 Å². The van der Waals surface area contributed by atoms with Crippen LogP contribution in [0, 0.1) is 10.6 Å². The van der Waals surface area contributed by atoms with Gasteiger partial charge in [0.15, 0.2) is 0 Å². The van der Waals surface area contributed by atoms with Gasteiger partial charge in [-0.15, -0.1) is 0 Å². The number of nitrogens with zero attached hydrogens (tertiary/aromatic N) is 2. The fourth-order valence-corrected chi connectivity index (χ4v) is 2.92. The molecule has 0 fully saturated rings. The third-order valence-electron chi connectivity index (χ3n) is 3.69. The van der Waals surface area contributed by atoms with E-state index < -0.39 is 5.91 Å². The molecule has 3 heterocycles. The third-order valence-corrected chi connectivity index (χ3v) is 3.69. The van der Waals surface area contributed by atoms with Crippen LogP contribution in [-0.4, -0.2) is 16.7 Å². The van der Waals surface area contributed by atoms with E-state index in [1.54, 1.807) is 12.4 Å². The van der Waals surface area contributed by atoms with Crippen molar-refractivity contribution in [2.75, 3.05) is 0 Å². The Balaban J connectivity index is 2.38. The molecule has 0 saturated carbocycles. The van der Waals surface area contributed by atoms with Crippen LogP contribution in [0.4, 0.5) is 0 Å². The highest BCUT2D eigenvalue weighted by molar-refractivity contribution is 6.02. The van der Waals surface area contributed by atoms with Gasteiger partial charge in [0.1, 0.15) is 5.69 Å². The summed E-state index contributed by atoms with van der Waals surface area (Å²) in [6.07, 6.45) is 5.63. The molecule has 2 aliphatic heterocycles. The highest BCUT2D eigenvalue weighted by Crippen LogP contribution is 2.11. The fraction of sp³-hybridized carbons (Fsp3) is 0.0667. The normalized spacial score (nSPS) is 14.1. The number of hydrogen-bond donors (Lipinski definition) is 1. The van der Waals surface area contributed by atoms with Gasteiger partial charge in [0, 0.05) is 35.0 Å². The molecule has 19 heavy (non-hydrogen) atoms. The standard InChI is InChI=1S/C15H11N3O/c16-15(19)14-12-8-17-7-11(12)13-10-4-2-1-3-9(10)5-6-18(13)14/h1-5,7-8H,6H2,(H2,16,19). The maximum Gasteiger partial charge on any atom is 0.266 e. The summed E-state index contributed by atoms with van der Waals surface area (Å²) in [5.41, 5.74) is 6.92. The molecule has 0 bridgehead atoms. The van der Waals surface area contributed by atoms with Gasteiger partial charge in [0.25, 0.3) is 5.91 Å². The summed E-state index contributed by atoms with van der Waals surface area (Å²) in [6.45, 7) is 0.666. The molecule has 1 aromatic carbocycles. The largest absolute Gasteiger partial charge is 0.364 e. The average Bonchev–Trinajstić information content (AvgIpc) is 2.97. The minimum atomic E-state index is -0.406. The Morgan fingerprint density at radius 1 is 1.32 bits per heavy atom. The molecule has 0 atom stereocenters. The Labute approximate surface area is 108 Å². The Morgan fingerprint density at radius 2 is 2.16 bits per heavy atom. The molecule has 1 aromatic heterocycles. The second-order valence-electron chi connectivity index (χ2n) is 4.70. The smallest absolute Gasteiger partial charge is 0.266 e. The first-order chi connectivity index (χ1) is 9.27. The lowest BCUT2D eigenvalue weighted by atomic mass is 10.1. The molecule has 0 unspecified atom stereocenters. The van der Waals surface area contributed by atoms with Gasteiger partial charge < -0.3 is 10.3 Å². The maximum absolute atomic E-state index is 11.7. The second kappa shape index (κ2) is 3.45. The van der Waals surface area contributed by atoms with Crippen molar-refractivity contribution in [2.45, 2.75) is 6.54 Å². The predicted octanol–water partition coefficient (Wildman–Crippen LogP) is -0.161. The van der Waals surface area contributed by atoms with Crippen LogP contribution < -0.4 is 16.2 Å². The zero-order valence-corrected chi connectivity index (χ0v) is 10.1. The monoisotopic (exact) mass is 249 g/mol. The van der Waals surface area contributed by atoms with Gasteiger partial charge in [0.2, 0.25) is 0 Å². The van der Waals surface area contributed by atoms with Crippen molar-refractivity contribution >= 4 is 24.4 Å². The molecule has 2 aromatic rings. The molecular weight excluding hydrogens is 238 g/mol. The molecular formula is C15H11N3O. The lowest BCUT2D eigenvalue weighted by molar-refractivity contribution is 0.0992. The van der Waals surface area contributed by atoms with E-state index in [0.29, 0.717) is 12.2 Å². The van der Waals surface area contributed by atoms with Gasteiger partial charge in [-0.25, -0.2) is 0 Å². The number of primary amides is 1. The summed E-state index contributed by atoms with van der Waals surface area (Å²) < 4.78 is 1.98. The molecule has 4 heteroatoms. The molecule has 0 radical (unpaired) electrons. The van der Waals surface area contributed by atoms with E-state index in [1.807, 2.05) is 16.7 Å². The molecule has 0 spiro atoms. The van der Waals surface area contributed by atoms with Crippen molar-refractivity contribution in [1.29, 1.82) is 0 Å². The summed E-state index contributed by atoms with van der Waals surface area (Å²) >= 11 is 0. The van der Waals surface area contributed by atoms with Gasteiger partial charge in [0.05, 0.1) is 5.35 Å². The number of nitrogens with two attached hydrogens (primary N) is 1. The first-order valence-electron chi connectivity index (χ1n) is 6.12. The second-order valence-corrected chi connectivity index (χ2v) is 4.70. The Bertz CT molecular complexity index is 964. The van der Waals surface area contributed by atoms with Crippen LogP contribution in [0.15, 0.2) is 29.3 Å². The van der Waals surface area contributed by atoms with Crippen molar-refractivity contribution in [3.8, 4) is 0 Å². The first kappa shape index (κ1) is 10.3. The SMILES string of the molecule is NC(=O)c1c2c(c3n1CC=c1ccccc1=3)=CN=C2. The zero-order chi connectivity index (χ0) is 13.0. The lowest BCUT2D eigenvalue weighted by Gasteiger charge is -2.09. The van der Waals surface area contributed by atoms with Crippen molar-refractivity contribution in [2.24, 2.45) is 10.7 Å². The van der Waals surface area contributed by atoms with Crippen LogP contribution in [0.5, 0.6) is 0 Å². The highest BCUT2D eigenvalue weighted by Gasteiger charge is 2.20. The van der Waals surface area contributed by atoms with Crippen molar-refractivity contribution in [1.82, 2.24) is 4.57 Å². The van der Waals surface area contributed by atoms with Crippen LogP contribution in [0.2, 0.25) is 0 Å². The van der Waals surface area contributed by atoms with Gasteiger partial charge >= 0.3 is 0 Å². The highest BCUT2D eigenvalue weighted by atomic mass is 16.1. The number of carbonyl (C=O) groups is 1. The van der Waals surface area contributed by atoms with E-state index in [4.69, 9.17) is 5.73 Å². The minimum absolute atomic E-state index is 0.406. The van der Waals surface area contributed by atoms with E-state index in [1.165, 1.54) is 5.22 Å². The summed E-state index contributed by atoms with van der Waals surface area (Å²) in [5, 5.41) is 4.35. The fourth-order valence-electron chi connectivity index (χ4n) is 2.92. The number of benzene rings is 1. The topological polar surface area (TPSA) is 60.4 Å². The molecule has 4 rings (SSSR count). The number of aromatic nitrogens is 1. The number of fused-ring (bicyclic) bond motifs is 4. The molecule has 1 amide bonds. The summed E-state index contributed by atoms with van der Waals surface area (Å²) in [6, 6.07) is 8.16. The Morgan fingerprint density at radius 3 is 3.00 bits per heavy atom. The lowest BCUT2D eigenvalue weighted by Crippen LogP contribution is -2.21. The number of rotatable bonds is 1. The zero-order valence-electron chi connectivity index (χ0n) is 10.1. The maximum atomic E-state index is 11.7. The van der Waals surface area contributed by atoms with Gasteiger partial charge in [-0.3, -0.25) is 9.79 Å². The van der Waals surface area contributed by atoms with E-state index in [2.05, 4.69) is 23.2 Å². The number of amides is 1. The average molecular weight is 249 g/mol. The van der Waals surface area contributed by atoms with Gasteiger partial charge in [-0.05, 0) is 5.22 Å². The molecule has 2 aliphatic rings. The van der Waals surface area contributed by atoms with Gasteiger partial charge in [-0.2, -0.15) is 0 Å².